The maximum absolute atomic E-state index is 13.0. The number of para-hydroxylation sites is 1. The Morgan fingerprint density at radius 1 is 0.719 bits per heavy atom. The normalized spacial score (nSPS) is 13.3. The summed E-state index contributed by atoms with van der Waals surface area (Å²) in [5, 5.41) is 4.35. The molecule has 0 radical (unpaired) electrons. The van der Waals surface area contributed by atoms with Crippen LogP contribution in [0.2, 0.25) is 0 Å². The number of ether oxygens (including phenoxy) is 1. The Hall–Kier alpha value is -4.25. The first-order valence-corrected chi connectivity index (χ1v) is 10.3. The number of nitrogens with one attached hydrogen (secondary N) is 1. The molecule has 0 fully saturated rings. The minimum absolute atomic E-state index is 0.143. The van der Waals surface area contributed by atoms with Crippen LogP contribution in [0.25, 0.3) is 10.8 Å². The van der Waals surface area contributed by atoms with Crippen LogP contribution in [0.15, 0.2) is 84.9 Å². The molecule has 1 N–H and O–H groups in total. The number of anilines is 1. The maximum atomic E-state index is 13.0. The first kappa shape index (κ1) is 19.7. The van der Waals surface area contributed by atoms with Gasteiger partial charge >= 0.3 is 6.09 Å². The van der Waals surface area contributed by atoms with Gasteiger partial charge in [0.2, 0.25) is 0 Å². The molecule has 1 amide bonds. The molecule has 0 saturated carbocycles. The van der Waals surface area contributed by atoms with Crippen molar-refractivity contribution in [1.82, 2.24) is 0 Å². The van der Waals surface area contributed by atoms with Gasteiger partial charge in [-0.05, 0) is 53.6 Å². The number of benzene rings is 4. The van der Waals surface area contributed by atoms with Crippen LogP contribution in [-0.4, -0.2) is 17.7 Å². The van der Waals surface area contributed by atoms with E-state index in [0.717, 1.165) is 16.3 Å². The van der Waals surface area contributed by atoms with Crippen LogP contribution in [0.1, 0.15) is 50.4 Å². The summed E-state index contributed by atoms with van der Waals surface area (Å²) in [6.07, 6.45) is -1.05. The number of carbonyl (C=O) groups is 3. The average molecular weight is 421 g/mol. The van der Waals surface area contributed by atoms with E-state index in [0.29, 0.717) is 27.9 Å². The summed E-state index contributed by atoms with van der Waals surface area (Å²) in [6.45, 7) is 1.79. The summed E-state index contributed by atoms with van der Waals surface area (Å²) in [6, 6.07) is 25.1. The van der Waals surface area contributed by atoms with Crippen molar-refractivity contribution in [1.29, 1.82) is 0 Å². The average Bonchev–Trinajstić information content (AvgIpc) is 2.81. The van der Waals surface area contributed by atoms with Crippen molar-refractivity contribution in [3.8, 4) is 0 Å². The summed E-state index contributed by atoms with van der Waals surface area (Å²) in [4.78, 5) is 38.2. The van der Waals surface area contributed by atoms with Gasteiger partial charge in [0.15, 0.2) is 11.6 Å². The molecule has 0 heterocycles. The third-order valence-electron chi connectivity index (χ3n) is 5.68. The highest BCUT2D eigenvalue weighted by atomic mass is 16.6. The van der Waals surface area contributed by atoms with E-state index in [1.165, 1.54) is 0 Å². The van der Waals surface area contributed by atoms with Gasteiger partial charge in [-0.25, -0.2) is 4.79 Å². The summed E-state index contributed by atoms with van der Waals surface area (Å²) >= 11 is 0. The Labute approximate surface area is 184 Å². The predicted octanol–water partition coefficient (Wildman–Crippen LogP) is 5.92. The fourth-order valence-corrected chi connectivity index (χ4v) is 4.01. The van der Waals surface area contributed by atoms with Crippen molar-refractivity contribution in [3.63, 3.8) is 0 Å². The lowest BCUT2D eigenvalue weighted by atomic mass is 9.82. The van der Waals surface area contributed by atoms with Gasteiger partial charge in [-0.3, -0.25) is 14.9 Å². The molecule has 1 atom stereocenters. The molecule has 0 aromatic heterocycles. The molecule has 0 bridgehead atoms. The first-order valence-electron chi connectivity index (χ1n) is 10.3. The van der Waals surface area contributed by atoms with Crippen molar-refractivity contribution in [3.05, 3.63) is 113 Å². The van der Waals surface area contributed by atoms with E-state index in [4.69, 9.17) is 4.74 Å². The zero-order valence-corrected chi connectivity index (χ0v) is 17.3. The number of carbonyl (C=O) groups excluding carboxylic acids is 3. The predicted molar refractivity (Wildman–Crippen MR) is 122 cm³/mol. The molecule has 4 aromatic rings. The smallest absolute Gasteiger partial charge is 0.412 e. The second kappa shape index (κ2) is 7.78. The zero-order valence-electron chi connectivity index (χ0n) is 17.3. The van der Waals surface area contributed by atoms with E-state index < -0.39 is 12.2 Å². The van der Waals surface area contributed by atoms with E-state index in [1.807, 2.05) is 36.4 Å². The molecule has 0 unspecified atom stereocenters. The molecule has 5 nitrogen and oxygen atoms in total. The molecule has 32 heavy (non-hydrogen) atoms. The summed E-state index contributed by atoms with van der Waals surface area (Å²) < 4.78 is 5.52. The number of hydrogen-bond donors (Lipinski definition) is 1. The Bertz CT molecular complexity index is 1390. The molecule has 0 spiro atoms. The lowest BCUT2D eigenvalue weighted by Gasteiger charge is -2.19. The van der Waals surface area contributed by atoms with Crippen LogP contribution >= 0.6 is 0 Å². The van der Waals surface area contributed by atoms with Crippen LogP contribution < -0.4 is 5.32 Å². The largest absolute Gasteiger partial charge is 0.441 e. The van der Waals surface area contributed by atoms with Crippen LogP contribution in [0.3, 0.4) is 0 Å². The quantitative estimate of drug-likeness (QED) is 0.392. The number of amides is 1. The molecular weight excluding hydrogens is 402 g/mol. The van der Waals surface area contributed by atoms with E-state index >= 15 is 0 Å². The molecule has 1 aliphatic carbocycles. The number of fused-ring (bicyclic) bond motifs is 3. The zero-order chi connectivity index (χ0) is 22.2. The van der Waals surface area contributed by atoms with Crippen molar-refractivity contribution in [2.45, 2.75) is 13.0 Å². The van der Waals surface area contributed by atoms with Crippen LogP contribution in [0.4, 0.5) is 10.5 Å². The number of rotatable bonds is 3. The summed E-state index contributed by atoms with van der Waals surface area (Å²) in [7, 11) is 0. The van der Waals surface area contributed by atoms with Crippen molar-refractivity contribution >= 4 is 34.1 Å². The van der Waals surface area contributed by atoms with E-state index in [1.54, 1.807) is 55.5 Å². The van der Waals surface area contributed by atoms with Crippen LogP contribution in [-0.2, 0) is 4.74 Å². The van der Waals surface area contributed by atoms with Crippen molar-refractivity contribution in [2.75, 3.05) is 5.32 Å². The Kier molecular flexibility index (Phi) is 4.79. The highest BCUT2D eigenvalue weighted by molar-refractivity contribution is 6.29. The minimum atomic E-state index is -0.549. The third kappa shape index (κ3) is 3.44. The highest BCUT2D eigenvalue weighted by Gasteiger charge is 2.29. The third-order valence-corrected chi connectivity index (χ3v) is 5.68. The maximum Gasteiger partial charge on any atom is 0.412 e. The Morgan fingerprint density at radius 3 is 1.97 bits per heavy atom. The van der Waals surface area contributed by atoms with Gasteiger partial charge < -0.3 is 4.74 Å². The Balaban J connectivity index is 1.44. The molecule has 1 aliphatic rings. The SMILES string of the molecule is C[C@@H](OC(=O)Nc1ccccc1)c1ccc2cc3c(cc2c1)C(=O)c1ccccc1C3=O. The van der Waals surface area contributed by atoms with Crippen LogP contribution in [0, 0.1) is 0 Å². The van der Waals surface area contributed by atoms with Gasteiger partial charge in [-0.1, -0.05) is 54.6 Å². The molecule has 0 saturated heterocycles. The second-order valence-electron chi connectivity index (χ2n) is 7.75. The fourth-order valence-electron chi connectivity index (χ4n) is 4.01. The molecule has 5 heteroatoms. The summed E-state index contributed by atoms with van der Waals surface area (Å²) in [5.41, 5.74) is 3.12. The Morgan fingerprint density at radius 2 is 1.31 bits per heavy atom. The fraction of sp³-hybridized carbons (Fsp3) is 0.0741. The van der Waals surface area contributed by atoms with Gasteiger partial charge in [0.25, 0.3) is 0 Å². The van der Waals surface area contributed by atoms with Gasteiger partial charge in [0, 0.05) is 27.9 Å². The van der Waals surface area contributed by atoms with Gasteiger partial charge in [-0.2, -0.15) is 0 Å². The second-order valence-corrected chi connectivity index (χ2v) is 7.75. The number of ketones is 2. The number of hydrogen-bond acceptors (Lipinski definition) is 4. The van der Waals surface area contributed by atoms with Gasteiger partial charge in [-0.15, -0.1) is 0 Å². The summed E-state index contributed by atoms with van der Waals surface area (Å²) in [5.74, 6) is -0.301. The highest BCUT2D eigenvalue weighted by Crippen LogP contribution is 2.32. The molecular formula is C27H19NO4. The molecule has 4 aromatic carbocycles. The molecule has 5 rings (SSSR count). The standard InChI is InChI=1S/C27H19NO4/c1-16(32-27(31)28-20-7-3-2-4-8-20)17-11-12-18-14-23-24(15-19(18)13-17)26(30)22-10-6-5-9-21(22)25(23)29/h2-16H,1H3,(H,28,31)/t16-/m1/s1. The monoisotopic (exact) mass is 421 g/mol. The topological polar surface area (TPSA) is 72.5 Å². The van der Waals surface area contributed by atoms with Gasteiger partial charge in [0.1, 0.15) is 6.10 Å². The minimum Gasteiger partial charge on any atom is -0.441 e. The lowest BCUT2D eigenvalue weighted by molar-refractivity contribution is 0.0979. The van der Waals surface area contributed by atoms with E-state index in [9.17, 15) is 14.4 Å². The van der Waals surface area contributed by atoms with E-state index in [2.05, 4.69) is 5.32 Å². The van der Waals surface area contributed by atoms with Crippen molar-refractivity contribution < 1.29 is 19.1 Å². The van der Waals surface area contributed by atoms with Crippen LogP contribution in [0.5, 0.6) is 0 Å². The lowest BCUT2D eigenvalue weighted by Crippen LogP contribution is -2.20. The van der Waals surface area contributed by atoms with Gasteiger partial charge in [0.05, 0.1) is 0 Å². The molecule has 0 aliphatic heterocycles. The molecule has 156 valence electrons. The van der Waals surface area contributed by atoms with Crippen molar-refractivity contribution in [2.24, 2.45) is 0 Å². The first-order chi connectivity index (χ1) is 15.5. The van der Waals surface area contributed by atoms with E-state index in [-0.39, 0.29) is 11.6 Å².